The van der Waals surface area contributed by atoms with Crippen molar-refractivity contribution in [2.75, 3.05) is 21.3 Å². The van der Waals surface area contributed by atoms with E-state index in [1.54, 1.807) is 21.3 Å². The monoisotopic (exact) mass is 319 g/mol. The van der Waals surface area contributed by atoms with Gasteiger partial charge in [-0.2, -0.15) is 0 Å². The molecule has 3 atom stereocenters. The highest BCUT2D eigenvalue weighted by atomic mass is 16.5. The second-order valence-electron chi connectivity index (χ2n) is 5.98. The molecule has 2 N–H and O–H groups in total. The summed E-state index contributed by atoms with van der Waals surface area (Å²) in [5.74, 6) is 2.27. The average Bonchev–Trinajstić information content (AvgIpc) is 3.21. The van der Waals surface area contributed by atoms with Gasteiger partial charge in [0, 0.05) is 13.6 Å². The van der Waals surface area contributed by atoms with Gasteiger partial charge in [0.25, 0.3) is 0 Å². The Kier molecular flexibility index (Phi) is 4.91. The van der Waals surface area contributed by atoms with Crippen LogP contribution in [0.3, 0.4) is 0 Å². The zero-order valence-corrected chi connectivity index (χ0v) is 14.0. The fourth-order valence-corrected chi connectivity index (χ4v) is 3.34. The van der Waals surface area contributed by atoms with E-state index in [4.69, 9.17) is 14.2 Å². The van der Waals surface area contributed by atoms with Gasteiger partial charge in [-0.25, -0.2) is 0 Å². The zero-order chi connectivity index (χ0) is 16.2. The Morgan fingerprint density at radius 3 is 2.70 bits per heavy atom. The highest BCUT2D eigenvalue weighted by Crippen LogP contribution is 2.34. The number of methoxy groups -OCH3 is 2. The van der Waals surface area contributed by atoms with Crippen LogP contribution in [0.5, 0.6) is 11.5 Å². The number of guanidine groups is 1. The number of aliphatic imine (C=N–C) groups is 1. The minimum absolute atomic E-state index is 0.333. The lowest BCUT2D eigenvalue weighted by molar-refractivity contribution is 0.0992. The molecule has 2 bridgehead atoms. The lowest BCUT2D eigenvalue weighted by atomic mass is 9.96. The van der Waals surface area contributed by atoms with Gasteiger partial charge in [-0.1, -0.05) is 6.07 Å². The van der Waals surface area contributed by atoms with Crippen molar-refractivity contribution in [1.29, 1.82) is 0 Å². The van der Waals surface area contributed by atoms with Gasteiger partial charge in [0.15, 0.2) is 17.5 Å². The first-order valence-electron chi connectivity index (χ1n) is 8.07. The van der Waals surface area contributed by atoms with Crippen LogP contribution in [0.4, 0.5) is 0 Å². The van der Waals surface area contributed by atoms with Gasteiger partial charge in [0.2, 0.25) is 0 Å². The molecule has 6 nitrogen and oxygen atoms in total. The number of nitrogens with one attached hydrogen (secondary N) is 2. The van der Waals surface area contributed by atoms with Crippen LogP contribution in [0.1, 0.15) is 24.8 Å². The Labute approximate surface area is 137 Å². The molecule has 2 aliphatic heterocycles. The Morgan fingerprint density at radius 1 is 1.26 bits per heavy atom. The quantitative estimate of drug-likeness (QED) is 0.639. The van der Waals surface area contributed by atoms with E-state index >= 15 is 0 Å². The fourth-order valence-electron chi connectivity index (χ4n) is 3.34. The predicted octanol–water partition coefficient (Wildman–Crippen LogP) is 1.69. The summed E-state index contributed by atoms with van der Waals surface area (Å²) in [6.45, 7) is 0.668. The molecule has 0 amide bonds. The van der Waals surface area contributed by atoms with Crippen molar-refractivity contribution in [1.82, 2.24) is 10.6 Å². The third kappa shape index (κ3) is 3.52. The Hall–Kier alpha value is -1.95. The van der Waals surface area contributed by atoms with Crippen molar-refractivity contribution < 1.29 is 14.2 Å². The molecule has 3 rings (SSSR count). The number of hydrogen-bond donors (Lipinski definition) is 2. The van der Waals surface area contributed by atoms with Crippen molar-refractivity contribution in [3.63, 3.8) is 0 Å². The van der Waals surface area contributed by atoms with Crippen molar-refractivity contribution in [2.45, 2.75) is 44.1 Å². The molecule has 2 heterocycles. The maximum atomic E-state index is 5.87. The summed E-state index contributed by atoms with van der Waals surface area (Å²) in [5.41, 5.74) is 1.11. The van der Waals surface area contributed by atoms with Crippen molar-refractivity contribution >= 4 is 5.96 Å². The number of rotatable bonds is 5. The van der Waals surface area contributed by atoms with E-state index < -0.39 is 0 Å². The van der Waals surface area contributed by atoms with Gasteiger partial charge in [-0.15, -0.1) is 0 Å². The van der Waals surface area contributed by atoms with E-state index in [0.717, 1.165) is 35.9 Å². The van der Waals surface area contributed by atoms with E-state index in [-0.39, 0.29) is 0 Å². The number of hydrogen-bond acceptors (Lipinski definition) is 4. The van der Waals surface area contributed by atoms with Gasteiger partial charge in [0.1, 0.15) is 0 Å². The average molecular weight is 319 g/mol. The molecular weight excluding hydrogens is 294 g/mol. The van der Waals surface area contributed by atoms with Crippen LogP contribution in [0, 0.1) is 0 Å². The van der Waals surface area contributed by atoms with Crippen LogP contribution < -0.4 is 20.1 Å². The molecule has 0 aliphatic carbocycles. The molecule has 0 radical (unpaired) electrons. The zero-order valence-electron chi connectivity index (χ0n) is 14.0. The van der Waals surface area contributed by atoms with Crippen LogP contribution >= 0.6 is 0 Å². The van der Waals surface area contributed by atoms with Gasteiger partial charge in [0.05, 0.1) is 32.5 Å². The summed E-state index contributed by atoms with van der Waals surface area (Å²) in [6.07, 6.45) is 4.18. The Balaban J connectivity index is 1.56. The molecule has 0 saturated carbocycles. The summed E-state index contributed by atoms with van der Waals surface area (Å²) in [6, 6.07) is 6.27. The summed E-state index contributed by atoms with van der Waals surface area (Å²) in [5, 5.41) is 6.82. The Morgan fingerprint density at radius 2 is 2.09 bits per heavy atom. The molecule has 2 saturated heterocycles. The summed E-state index contributed by atoms with van der Waals surface area (Å²) >= 11 is 0. The predicted molar refractivity (Wildman–Crippen MR) is 89.2 cm³/mol. The first-order chi connectivity index (χ1) is 11.2. The van der Waals surface area contributed by atoms with Crippen molar-refractivity contribution in [2.24, 2.45) is 4.99 Å². The molecule has 0 spiro atoms. The van der Waals surface area contributed by atoms with Gasteiger partial charge in [-0.05, 0) is 37.0 Å². The molecule has 1 aromatic rings. The van der Waals surface area contributed by atoms with E-state index in [9.17, 15) is 0 Å². The molecule has 0 aromatic heterocycles. The SMILES string of the molecule is CN=C(NCc1ccc(OC)c(OC)c1)NC1CC2CCC1O2. The maximum absolute atomic E-state index is 5.87. The van der Waals surface area contributed by atoms with Crippen LogP contribution in [0.15, 0.2) is 23.2 Å². The summed E-state index contributed by atoms with van der Waals surface area (Å²) in [4.78, 5) is 4.31. The lowest BCUT2D eigenvalue weighted by Gasteiger charge is -2.22. The first kappa shape index (κ1) is 15.9. The van der Waals surface area contributed by atoms with E-state index in [1.165, 1.54) is 6.42 Å². The van der Waals surface area contributed by atoms with Gasteiger partial charge < -0.3 is 24.8 Å². The maximum Gasteiger partial charge on any atom is 0.191 e. The van der Waals surface area contributed by atoms with Crippen LogP contribution in [0.2, 0.25) is 0 Å². The second-order valence-corrected chi connectivity index (χ2v) is 5.98. The minimum atomic E-state index is 0.333. The normalized spacial score (nSPS) is 26.2. The van der Waals surface area contributed by atoms with Gasteiger partial charge >= 0.3 is 0 Å². The molecule has 126 valence electrons. The third-order valence-corrected chi connectivity index (χ3v) is 4.56. The largest absolute Gasteiger partial charge is 0.493 e. The molecule has 23 heavy (non-hydrogen) atoms. The van der Waals surface area contributed by atoms with Crippen LogP contribution in [-0.2, 0) is 11.3 Å². The number of fused-ring (bicyclic) bond motifs is 2. The molecule has 6 heteroatoms. The highest BCUT2D eigenvalue weighted by Gasteiger charge is 2.41. The van der Waals surface area contributed by atoms with Crippen LogP contribution in [-0.4, -0.2) is 45.5 Å². The number of nitrogens with zero attached hydrogens (tertiary/aromatic N) is 1. The smallest absolute Gasteiger partial charge is 0.191 e. The van der Waals surface area contributed by atoms with E-state index in [1.807, 2.05) is 18.2 Å². The third-order valence-electron chi connectivity index (χ3n) is 4.56. The molecule has 3 unspecified atom stereocenters. The van der Waals surface area contributed by atoms with E-state index in [2.05, 4.69) is 15.6 Å². The number of benzene rings is 1. The Bertz CT molecular complexity index is 576. The van der Waals surface area contributed by atoms with Crippen LogP contribution in [0.25, 0.3) is 0 Å². The second kappa shape index (κ2) is 7.08. The minimum Gasteiger partial charge on any atom is -0.493 e. The van der Waals surface area contributed by atoms with Crippen molar-refractivity contribution in [3.8, 4) is 11.5 Å². The summed E-state index contributed by atoms with van der Waals surface area (Å²) < 4.78 is 16.5. The molecular formula is C17H25N3O3. The number of ether oxygens (including phenoxy) is 3. The lowest BCUT2D eigenvalue weighted by Crippen LogP contribution is -2.47. The van der Waals surface area contributed by atoms with E-state index in [0.29, 0.717) is 24.8 Å². The standard InChI is InChI=1S/C17H25N3O3/c1-18-17(20-13-9-12-5-7-14(13)23-12)19-10-11-4-6-15(21-2)16(8-11)22-3/h4,6,8,12-14H,5,7,9-10H2,1-3H3,(H2,18,19,20). The molecule has 2 fully saturated rings. The molecule has 1 aromatic carbocycles. The fraction of sp³-hybridized carbons (Fsp3) is 0.588. The highest BCUT2D eigenvalue weighted by molar-refractivity contribution is 5.80. The topological polar surface area (TPSA) is 64.1 Å². The first-order valence-corrected chi connectivity index (χ1v) is 8.07. The summed E-state index contributed by atoms with van der Waals surface area (Å²) in [7, 11) is 5.07. The van der Waals surface area contributed by atoms with Crippen molar-refractivity contribution in [3.05, 3.63) is 23.8 Å². The molecule has 2 aliphatic rings. The van der Waals surface area contributed by atoms with Gasteiger partial charge in [-0.3, -0.25) is 4.99 Å².